The number of amides is 2. The van der Waals surface area contributed by atoms with Gasteiger partial charge in [-0.25, -0.2) is 0 Å². The monoisotopic (exact) mass is 404 g/mol. The lowest BCUT2D eigenvalue weighted by Crippen LogP contribution is -2.36. The molecule has 2 amide bonds. The molecule has 2 aromatic carbocycles. The van der Waals surface area contributed by atoms with Crippen molar-refractivity contribution >= 4 is 23.7 Å². The first kappa shape index (κ1) is 20.9. The standard InChI is InChI=1S/C23H24N4O3/c1-2-16-30-19-11-8-17(9-12-19)10-13-21(28)26-22(18-6-4-3-5-7-18)23(29)25-20-14-15-24-27-20/h3-15,22H,2,16H2,1H3,(H,26,28)(H2,24,25,27,29). The van der Waals surface area contributed by atoms with Gasteiger partial charge >= 0.3 is 0 Å². The molecule has 1 heterocycles. The third kappa shape index (κ3) is 6.07. The molecule has 0 fully saturated rings. The number of ether oxygens (including phenoxy) is 1. The van der Waals surface area contributed by atoms with Crippen molar-refractivity contribution in [3.8, 4) is 5.75 Å². The van der Waals surface area contributed by atoms with Crippen LogP contribution in [0.2, 0.25) is 0 Å². The van der Waals surface area contributed by atoms with E-state index in [1.807, 2.05) is 49.4 Å². The molecule has 0 aliphatic heterocycles. The van der Waals surface area contributed by atoms with Crippen LogP contribution in [0.15, 0.2) is 72.9 Å². The van der Waals surface area contributed by atoms with Crippen LogP contribution in [0.1, 0.15) is 30.5 Å². The number of nitrogens with zero attached hydrogens (tertiary/aromatic N) is 1. The molecule has 0 radical (unpaired) electrons. The van der Waals surface area contributed by atoms with E-state index in [4.69, 9.17) is 4.74 Å². The molecule has 7 nitrogen and oxygen atoms in total. The summed E-state index contributed by atoms with van der Waals surface area (Å²) < 4.78 is 5.55. The maximum atomic E-state index is 12.7. The van der Waals surface area contributed by atoms with Crippen molar-refractivity contribution in [2.45, 2.75) is 19.4 Å². The van der Waals surface area contributed by atoms with E-state index in [1.54, 1.807) is 24.3 Å². The number of anilines is 1. The summed E-state index contributed by atoms with van der Waals surface area (Å²) in [6.45, 7) is 2.72. The van der Waals surface area contributed by atoms with E-state index in [1.165, 1.54) is 12.3 Å². The number of nitrogens with one attached hydrogen (secondary N) is 3. The van der Waals surface area contributed by atoms with E-state index >= 15 is 0 Å². The summed E-state index contributed by atoms with van der Waals surface area (Å²) in [4.78, 5) is 25.2. The molecule has 3 N–H and O–H groups in total. The molecule has 1 unspecified atom stereocenters. The molecule has 1 atom stereocenters. The molecule has 0 spiro atoms. The van der Waals surface area contributed by atoms with Gasteiger partial charge in [-0.1, -0.05) is 49.4 Å². The van der Waals surface area contributed by atoms with Gasteiger partial charge in [-0.2, -0.15) is 5.10 Å². The normalized spacial score (nSPS) is 11.8. The number of hydrogen-bond donors (Lipinski definition) is 3. The SMILES string of the molecule is CCCOc1ccc(C=CC(=O)NC(C(=O)Nc2ccn[nH]2)c2ccccc2)cc1. The predicted molar refractivity (Wildman–Crippen MR) is 116 cm³/mol. The molecule has 7 heteroatoms. The highest BCUT2D eigenvalue weighted by atomic mass is 16.5. The lowest BCUT2D eigenvalue weighted by Gasteiger charge is -2.17. The number of rotatable bonds is 9. The van der Waals surface area contributed by atoms with Crippen LogP contribution in [-0.4, -0.2) is 28.6 Å². The highest BCUT2D eigenvalue weighted by molar-refractivity contribution is 6.00. The fourth-order valence-corrected chi connectivity index (χ4v) is 2.73. The fraction of sp³-hybridized carbons (Fsp3) is 0.174. The van der Waals surface area contributed by atoms with Crippen LogP contribution in [0.25, 0.3) is 6.08 Å². The van der Waals surface area contributed by atoms with Gasteiger partial charge in [0.15, 0.2) is 0 Å². The van der Waals surface area contributed by atoms with Gasteiger partial charge < -0.3 is 15.4 Å². The van der Waals surface area contributed by atoms with E-state index in [0.717, 1.165) is 17.7 Å². The lowest BCUT2D eigenvalue weighted by atomic mass is 10.1. The van der Waals surface area contributed by atoms with Crippen molar-refractivity contribution in [3.63, 3.8) is 0 Å². The third-order valence-electron chi connectivity index (χ3n) is 4.22. The Morgan fingerprint density at radius 2 is 1.87 bits per heavy atom. The van der Waals surface area contributed by atoms with E-state index in [9.17, 15) is 9.59 Å². The van der Waals surface area contributed by atoms with Crippen molar-refractivity contribution in [2.24, 2.45) is 0 Å². The van der Waals surface area contributed by atoms with Crippen molar-refractivity contribution in [3.05, 3.63) is 84.1 Å². The summed E-state index contributed by atoms with van der Waals surface area (Å²) in [7, 11) is 0. The minimum absolute atomic E-state index is 0.371. The Balaban J connectivity index is 1.66. The van der Waals surface area contributed by atoms with Crippen molar-refractivity contribution in [1.29, 1.82) is 0 Å². The van der Waals surface area contributed by atoms with Gasteiger partial charge in [0.1, 0.15) is 17.6 Å². The van der Waals surface area contributed by atoms with Crippen LogP contribution in [0.3, 0.4) is 0 Å². The lowest BCUT2D eigenvalue weighted by molar-refractivity contribution is -0.124. The van der Waals surface area contributed by atoms with Crippen LogP contribution in [-0.2, 0) is 9.59 Å². The Hall–Kier alpha value is -3.87. The second kappa shape index (κ2) is 10.6. The number of benzene rings is 2. The molecule has 0 aliphatic rings. The minimum Gasteiger partial charge on any atom is -0.494 e. The molecule has 1 aromatic heterocycles. The van der Waals surface area contributed by atoms with Crippen LogP contribution in [0.4, 0.5) is 5.82 Å². The molecule has 0 saturated carbocycles. The van der Waals surface area contributed by atoms with Crippen LogP contribution in [0.5, 0.6) is 5.75 Å². The number of aromatic nitrogens is 2. The topological polar surface area (TPSA) is 96.1 Å². The number of aromatic amines is 1. The number of carbonyl (C=O) groups is 2. The highest BCUT2D eigenvalue weighted by Crippen LogP contribution is 2.16. The first-order chi connectivity index (χ1) is 14.7. The second-order valence-corrected chi connectivity index (χ2v) is 6.56. The van der Waals surface area contributed by atoms with Crippen molar-refractivity contribution in [2.75, 3.05) is 11.9 Å². The Morgan fingerprint density at radius 1 is 1.10 bits per heavy atom. The molecule has 0 saturated heterocycles. The molecule has 154 valence electrons. The summed E-state index contributed by atoms with van der Waals surface area (Å²) in [5.74, 6) is 0.494. The van der Waals surface area contributed by atoms with Gasteiger partial charge in [-0.3, -0.25) is 14.7 Å². The molecule has 30 heavy (non-hydrogen) atoms. The predicted octanol–water partition coefficient (Wildman–Crippen LogP) is 3.71. The fourth-order valence-electron chi connectivity index (χ4n) is 2.73. The summed E-state index contributed by atoms with van der Waals surface area (Å²) in [6, 6.07) is 17.3. The number of H-pyrrole nitrogens is 1. The van der Waals surface area contributed by atoms with Crippen molar-refractivity contribution in [1.82, 2.24) is 15.5 Å². The Kier molecular flexibility index (Phi) is 7.38. The summed E-state index contributed by atoms with van der Waals surface area (Å²) in [5.41, 5.74) is 1.53. The first-order valence-electron chi connectivity index (χ1n) is 9.72. The Morgan fingerprint density at radius 3 is 2.53 bits per heavy atom. The summed E-state index contributed by atoms with van der Waals surface area (Å²) in [5, 5.41) is 12.0. The van der Waals surface area contributed by atoms with Gasteiger partial charge in [0, 0.05) is 12.1 Å². The van der Waals surface area contributed by atoms with Crippen LogP contribution < -0.4 is 15.4 Å². The highest BCUT2D eigenvalue weighted by Gasteiger charge is 2.22. The molecular formula is C23H24N4O3. The zero-order valence-corrected chi connectivity index (χ0v) is 16.7. The zero-order chi connectivity index (χ0) is 21.2. The molecule has 0 aliphatic carbocycles. The average Bonchev–Trinajstić information content (AvgIpc) is 3.29. The maximum absolute atomic E-state index is 12.7. The van der Waals surface area contributed by atoms with Crippen molar-refractivity contribution < 1.29 is 14.3 Å². The minimum atomic E-state index is -0.850. The van der Waals surface area contributed by atoms with E-state index in [-0.39, 0.29) is 11.8 Å². The van der Waals surface area contributed by atoms with Gasteiger partial charge in [0.25, 0.3) is 5.91 Å². The van der Waals surface area contributed by atoms with Gasteiger partial charge in [0.2, 0.25) is 5.91 Å². The number of hydrogen-bond acceptors (Lipinski definition) is 4. The second-order valence-electron chi connectivity index (χ2n) is 6.56. The Bertz CT molecular complexity index is 967. The van der Waals surface area contributed by atoms with Gasteiger partial charge in [-0.05, 0) is 35.8 Å². The van der Waals surface area contributed by atoms with E-state index in [0.29, 0.717) is 18.0 Å². The quantitative estimate of drug-likeness (QED) is 0.474. The average molecular weight is 404 g/mol. The smallest absolute Gasteiger partial charge is 0.252 e. The maximum Gasteiger partial charge on any atom is 0.252 e. The molecular weight excluding hydrogens is 380 g/mol. The van der Waals surface area contributed by atoms with Crippen LogP contribution >= 0.6 is 0 Å². The molecule has 3 rings (SSSR count). The molecule has 3 aromatic rings. The Labute approximate surface area is 175 Å². The first-order valence-corrected chi connectivity index (χ1v) is 9.72. The third-order valence-corrected chi connectivity index (χ3v) is 4.22. The number of carbonyl (C=O) groups excluding carboxylic acids is 2. The zero-order valence-electron chi connectivity index (χ0n) is 16.7. The van der Waals surface area contributed by atoms with Gasteiger partial charge in [0.05, 0.1) is 12.8 Å². The molecule has 0 bridgehead atoms. The van der Waals surface area contributed by atoms with Crippen LogP contribution in [0, 0.1) is 0 Å². The van der Waals surface area contributed by atoms with E-state index in [2.05, 4.69) is 20.8 Å². The van der Waals surface area contributed by atoms with E-state index < -0.39 is 6.04 Å². The summed E-state index contributed by atoms with van der Waals surface area (Å²) in [6.07, 6.45) is 5.57. The summed E-state index contributed by atoms with van der Waals surface area (Å²) >= 11 is 0. The largest absolute Gasteiger partial charge is 0.494 e. The van der Waals surface area contributed by atoms with Gasteiger partial charge in [-0.15, -0.1) is 0 Å².